The fourth-order valence-corrected chi connectivity index (χ4v) is 1.26. The van der Waals surface area contributed by atoms with Crippen LogP contribution in [0.3, 0.4) is 0 Å². The van der Waals surface area contributed by atoms with Gasteiger partial charge in [0.1, 0.15) is 6.54 Å². The highest BCUT2D eigenvalue weighted by atomic mass is 35.5. The van der Waals surface area contributed by atoms with Gasteiger partial charge in [-0.25, -0.2) is 4.79 Å². The Hall–Kier alpha value is -1.55. The smallest absolute Gasteiger partial charge is 0.285 e. The molecule has 0 spiro atoms. The first-order chi connectivity index (χ1) is 6.27. The molecule has 74 valence electrons. The van der Waals surface area contributed by atoms with Crippen LogP contribution in [0.25, 0.3) is 0 Å². The summed E-state index contributed by atoms with van der Waals surface area (Å²) in [5.74, 6) is -0.256. The molecule has 1 fully saturated rings. The second-order valence-electron chi connectivity index (χ2n) is 2.78. The predicted molar refractivity (Wildman–Crippen MR) is 54.6 cm³/mol. The molecule has 1 saturated heterocycles. The Balaban J connectivity index is 0.000000980. The summed E-state index contributed by atoms with van der Waals surface area (Å²) in [7, 11) is 0. The van der Waals surface area contributed by atoms with Crippen LogP contribution < -0.4 is 10.2 Å². The molecule has 1 aliphatic rings. The third-order valence-corrected chi connectivity index (χ3v) is 1.86. The van der Waals surface area contributed by atoms with Crippen LogP contribution in [-0.2, 0) is 4.79 Å². The Morgan fingerprint density at radius 3 is 2.29 bits per heavy atom. The van der Waals surface area contributed by atoms with Gasteiger partial charge >= 0.3 is 6.03 Å². The van der Waals surface area contributed by atoms with Crippen LogP contribution in [0.5, 0.6) is 0 Å². The molecule has 1 aromatic carbocycles. The zero-order chi connectivity index (χ0) is 9.26. The van der Waals surface area contributed by atoms with Crippen molar-refractivity contribution in [2.75, 3.05) is 11.4 Å². The van der Waals surface area contributed by atoms with E-state index in [-0.39, 0.29) is 30.9 Å². The van der Waals surface area contributed by atoms with Gasteiger partial charge in [0, 0.05) is 5.69 Å². The monoisotopic (exact) mass is 212 g/mol. The fraction of sp³-hybridized carbons (Fsp3) is 0.111. The third kappa shape index (κ3) is 1.85. The number of hydrogen-bond donors (Lipinski definition) is 1. The molecule has 1 heterocycles. The molecule has 2 rings (SSSR count). The summed E-state index contributed by atoms with van der Waals surface area (Å²) >= 11 is 0. The van der Waals surface area contributed by atoms with Crippen molar-refractivity contribution in [2.24, 2.45) is 0 Å². The van der Waals surface area contributed by atoms with E-state index < -0.39 is 0 Å². The maximum atomic E-state index is 11.2. The number of nitrogens with zero attached hydrogens (tertiary/aromatic N) is 1. The van der Waals surface area contributed by atoms with Crippen molar-refractivity contribution in [2.45, 2.75) is 0 Å². The van der Waals surface area contributed by atoms with Crippen molar-refractivity contribution in [1.82, 2.24) is 5.32 Å². The standard InChI is InChI=1S/C9H8N2O2.ClH/c12-8-6-11(9(13)10-8)7-4-2-1-3-5-7;/h1-5H,6H2,(H,10,12,13);1H. The second kappa shape index (κ2) is 4.11. The predicted octanol–water partition coefficient (Wildman–Crippen LogP) is 1.16. The number of hydrogen-bond acceptors (Lipinski definition) is 2. The SMILES string of the molecule is Cl.O=C1CN(c2ccccc2)C(=O)N1. The summed E-state index contributed by atoms with van der Waals surface area (Å²) in [4.78, 5) is 23.4. The average Bonchev–Trinajstić information content (AvgIpc) is 2.47. The van der Waals surface area contributed by atoms with Gasteiger partial charge in [0.05, 0.1) is 0 Å². The van der Waals surface area contributed by atoms with Crippen molar-refractivity contribution < 1.29 is 9.59 Å². The van der Waals surface area contributed by atoms with Crippen molar-refractivity contribution in [3.05, 3.63) is 30.3 Å². The first-order valence-electron chi connectivity index (χ1n) is 3.94. The number of carbonyl (C=O) groups excluding carboxylic acids is 2. The van der Waals surface area contributed by atoms with Crippen molar-refractivity contribution in [1.29, 1.82) is 0 Å². The molecule has 1 aromatic rings. The summed E-state index contributed by atoms with van der Waals surface area (Å²) in [6.07, 6.45) is 0. The first-order valence-corrected chi connectivity index (χ1v) is 3.94. The van der Waals surface area contributed by atoms with Crippen LogP contribution in [-0.4, -0.2) is 18.5 Å². The van der Waals surface area contributed by atoms with E-state index in [1.165, 1.54) is 4.90 Å². The summed E-state index contributed by atoms with van der Waals surface area (Å²) in [5, 5.41) is 2.21. The van der Waals surface area contributed by atoms with Crippen LogP contribution >= 0.6 is 12.4 Å². The number of amides is 3. The van der Waals surface area contributed by atoms with Gasteiger partial charge in [0.25, 0.3) is 0 Å². The molecule has 0 bridgehead atoms. The fourth-order valence-electron chi connectivity index (χ4n) is 1.26. The highest BCUT2D eigenvalue weighted by Crippen LogP contribution is 2.15. The molecule has 0 saturated carbocycles. The minimum absolute atomic E-state index is 0. The second-order valence-corrected chi connectivity index (χ2v) is 2.78. The Morgan fingerprint density at radius 2 is 1.79 bits per heavy atom. The molecule has 5 heteroatoms. The minimum Gasteiger partial charge on any atom is -0.285 e. The van der Waals surface area contributed by atoms with E-state index in [2.05, 4.69) is 5.32 Å². The molecule has 14 heavy (non-hydrogen) atoms. The topological polar surface area (TPSA) is 49.4 Å². The van der Waals surface area contributed by atoms with E-state index in [0.717, 1.165) is 5.69 Å². The van der Waals surface area contributed by atoms with E-state index in [1.54, 1.807) is 12.1 Å². The summed E-state index contributed by atoms with van der Waals surface area (Å²) in [5.41, 5.74) is 0.742. The lowest BCUT2D eigenvalue weighted by molar-refractivity contribution is -0.117. The number of halogens is 1. The lowest BCUT2D eigenvalue weighted by atomic mass is 10.3. The number of nitrogens with one attached hydrogen (secondary N) is 1. The zero-order valence-corrected chi connectivity index (χ0v) is 8.08. The Morgan fingerprint density at radius 1 is 1.14 bits per heavy atom. The summed E-state index contributed by atoms with van der Waals surface area (Å²) < 4.78 is 0. The molecule has 0 unspecified atom stereocenters. The average molecular weight is 213 g/mol. The van der Waals surface area contributed by atoms with Crippen LogP contribution in [0.15, 0.2) is 30.3 Å². The maximum Gasteiger partial charge on any atom is 0.329 e. The molecule has 0 radical (unpaired) electrons. The molecule has 0 aliphatic carbocycles. The molecular weight excluding hydrogens is 204 g/mol. The Labute approximate surface area is 87.3 Å². The lowest BCUT2D eigenvalue weighted by Gasteiger charge is -2.11. The molecule has 3 amide bonds. The number of para-hydroxylation sites is 1. The lowest BCUT2D eigenvalue weighted by Crippen LogP contribution is -2.27. The van der Waals surface area contributed by atoms with Gasteiger partial charge in [-0.1, -0.05) is 18.2 Å². The number of benzene rings is 1. The molecule has 1 N–H and O–H groups in total. The van der Waals surface area contributed by atoms with Gasteiger partial charge in [-0.2, -0.15) is 0 Å². The van der Waals surface area contributed by atoms with E-state index in [1.807, 2.05) is 18.2 Å². The van der Waals surface area contributed by atoms with Gasteiger partial charge in [-0.3, -0.25) is 15.0 Å². The number of imide groups is 1. The van der Waals surface area contributed by atoms with E-state index in [4.69, 9.17) is 0 Å². The van der Waals surface area contributed by atoms with Gasteiger partial charge in [-0.05, 0) is 12.1 Å². The van der Waals surface area contributed by atoms with Crippen LogP contribution in [0.2, 0.25) is 0 Å². The van der Waals surface area contributed by atoms with E-state index in [0.29, 0.717) is 0 Å². The first kappa shape index (κ1) is 10.5. The molecule has 1 aliphatic heterocycles. The van der Waals surface area contributed by atoms with Crippen LogP contribution in [0.4, 0.5) is 10.5 Å². The minimum atomic E-state index is -0.351. The maximum absolute atomic E-state index is 11.2. The normalized spacial score (nSPS) is 15.0. The quantitative estimate of drug-likeness (QED) is 0.711. The van der Waals surface area contributed by atoms with Crippen molar-refractivity contribution >= 4 is 30.0 Å². The van der Waals surface area contributed by atoms with Crippen LogP contribution in [0, 0.1) is 0 Å². The molecule has 4 nitrogen and oxygen atoms in total. The van der Waals surface area contributed by atoms with Crippen molar-refractivity contribution in [3.8, 4) is 0 Å². The third-order valence-electron chi connectivity index (χ3n) is 1.86. The van der Waals surface area contributed by atoms with E-state index in [9.17, 15) is 9.59 Å². The Kier molecular flexibility index (Phi) is 3.09. The number of rotatable bonds is 1. The summed E-state index contributed by atoms with van der Waals surface area (Å²) in [6.45, 7) is 0.114. The molecule has 0 atom stereocenters. The van der Waals surface area contributed by atoms with Crippen molar-refractivity contribution in [3.63, 3.8) is 0 Å². The highest BCUT2D eigenvalue weighted by Gasteiger charge is 2.27. The number of anilines is 1. The summed E-state index contributed by atoms with van der Waals surface area (Å²) in [6, 6.07) is 8.74. The van der Waals surface area contributed by atoms with Crippen LogP contribution in [0.1, 0.15) is 0 Å². The Bertz CT molecular complexity index is 353. The van der Waals surface area contributed by atoms with Gasteiger partial charge in [0.15, 0.2) is 0 Å². The highest BCUT2D eigenvalue weighted by molar-refractivity contribution is 6.12. The zero-order valence-electron chi connectivity index (χ0n) is 7.27. The van der Waals surface area contributed by atoms with Gasteiger partial charge in [0.2, 0.25) is 5.91 Å². The van der Waals surface area contributed by atoms with E-state index >= 15 is 0 Å². The molecular formula is C9H9ClN2O2. The number of carbonyl (C=O) groups is 2. The van der Waals surface area contributed by atoms with Gasteiger partial charge < -0.3 is 0 Å². The largest absolute Gasteiger partial charge is 0.329 e. The number of urea groups is 1. The molecule has 0 aromatic heterocycles. The van der Waals surface area contributed by atoms with Gasteiger partial charge in [-0.15, -0.1) is 12.4 Å².